The van der Waals surface area contributed by atoms with Crippen molar-refractivity contribution in [2.75, 3.05) is 14.1 Å². The molecule has 0 aromatic carbocycles. The van der Waals surface area contributed by atoms with Gasteiger partial charge in [-0.25, -0.2) is 0 Å². The van der Waals surface area contributed by atoms with E-state index < -0.39 is 0 Å². The Bertz CT molecular complexity index is 335. The van der Waals surface area contributed by atoms with E-state index in [9.17, 15) is 5.26 Å². The van der Waals surface area contributed by atoms with Gasteiger partial charge in [0, 0.05) is 12.1 Å². The number of hydrogen-bond acceptors (Lipinski definition) is 3. The van der Waals surface area contributed by atoms with E-state index in [1.807, 2.05) is 7.05 Å². The fraction of sp³-hybridized carbons (Fsp3) is 0.938. The SMILES string of the molecule is CNC1(C#N)CCCC(N(C)C2CCCCC2C)C1. The van der Waals surface area contributed by atoms with Gasteiger partial charge in [0.05, 0.1) is 6.07 Å². The molecular formula is C16H29N3. The molecule has 4 unspecified atom stereocenters. The Morgan fingerprint density at radius 3 is 2.58 bits per heavy atom. The average molecular weight is 263 g/mol. The molecule has 0 amide bonds. The highest BCUT2D eigenvalue weighted by atomic mass is 15.2. The first-order valence-electron chi connectivity index (χ1n) is 7.94. The predicted molar refractivity (Wildman–Crippen MR) is 78.8 cm³/mol. The van der Waals surface area contributed by atoms with Gasteiger partial charge in [-0.3, -0.25) is 0 Å². The molecule has 19 heavy (non-hydrogen) atoms. The van der Waals surface area contributed by atoms with Gasteiger partial charge in [-0.15, -0.1) is 0 Å². The van der Waals surface area contributed by atoms with Gasteiger partial charge in [-0.1, -0.05) is 19.8 Å². The van der Waals surface area contributed by atoms with Crippen LogP contribution in [0.5, 0.6) is 0 Å². The smallest absolute Gasteiger partial charge is 0.108 e. The lowest BCUT2D eigenvalue weighted by Crippen LogP contribution is -2.54. The monoisotopic (exact) mass is 263 g/mol. The molecule has 0 aromatic heterocycles. The van der Waals surface area contributed by atoms with Crippen LogP contribution in [-0.4, -0.2) is 36.6 Å². The summed E-state index contributed by atoms with van der Waals surface area (Å²) in [7, 11) is 4.23. The van der Waals surface area contributed by atoms with Crippen molar-refractivity contribution in [1.82, 2.24) is 10.2 Å². The minimum atomic E-state index is -0.283. The van der Waals surface area contributed by atoms with Crippen molar-refractivity contribution in [2.24, 2.45) is 5.92 Å². The summed E-state index contributed by atoms with van der Waals surface area (Å²) >= 11 is 0. The van der Waals surface area contributed by atoms with Gasteiger partial charge in [0.1, 0.15) is 5.54 Å². The lowest BCUT2D eigenvalue weighted by atomic mass is 9.77. The molecule has 0 aromatic rings. The van der Waals surface area contributed by atoms with Gasteiger partial charge in [0.25, 0.3) is 0 Å². The third-order valence-corrected chi connectivity index (χ3v) is 5.58. The van der Waals surface area contributed by atoms with Crippen LogP contribution in [0, 0.1) is 17.2 Å². The summed E-state index contributed by atoms with van der Waals surface area (Å²) in [6.45, 7) is 2.40. The van der Waals surface area contributed by atoms with Crippen molar-refractivity contribution in [1.29, 1.82) is 5.26 Å². The number of nitriles is 1. The van der Waals surface area contributed by atoms with E-state index in [1.165, 1.54) is 38.5 Å². The van der Waals surface area contributed by atoms with Crippen LogP contribution in [-0.2, 0) is 0 Å². The van der Waals surface area contributed by atoms with Crippen molar-refractivity contribution in [3.05, 3.63) is 0 Å². The summed E-state index contributed by atoms with van der Waals surface area (Å²) in [4.78, 5) is 2.60. The quantitative estimate of drug-likeness (QED) is 0.851. The van der Waals surface area contributed by atoms with Gasteiger partial charge >= 0.3 is 0 Å². The highest BCUT2D eigenvalue weighted by molar-refractivity contribution is 5.10. The summed E-state index contributed by atoms with van der Waals surface area (Å²) in [5.74, 6) is 0.812. The number of nitrogens with one attached hydrogen (secondary N) is 1. The molecule has 0 heterocycles. The first kappa shape index (κ1) is 14.8. The molecule has 0 saturated heterocycles. The van der Waals surface area contributed by atoms with Gasteiger partial charge < -0.3 is 10.2 Å². The molecule has 3 nitrogen and oxygen atoms in total. The van der Waals surface area contributed by atoms with E-state index in [4.69, 9.17) is 0 Å². The fourth-order valence-electron chi connectivity index (χ4n) is 4.15. The molecule has 3 heteroatoms. The van der Waals surface area contributed by atoms with Crippen LogP contribution in [0.3, 0.4) is 0 Å². The van der Waals surface area contributed by atoms with Gasteiger partial charge in [0.15, 0.2) is 0 Å². The Morgan fingerprint density at radius 1 is 1.21 bits per heavy atom. The molecule has 1 N–H and O–H groups in total. The Hall–Kier alpha value is -0.590. The summed E-state index contributed by atoms with van der Waals surface area (Å²) in [5.41, 5.74) is -0.283. The van der Waals surface area contributed by atoms with Crippen LogP contribution in [0.1, 0.15) is 58.3 Å². The van der Waals surface area contributed by atoms with E-state index in [0.29, 0.717) is 6.04 Å². The average Bonchev–Trinajstić information content (AvgIpc) is 2.47. The van der Waals surface area contributed by atoms with Crippen molar-refractivity contribution < 1.29 is 0 Å². The second-order valence-corrected chi connectivity index (χ2v) is 6.69. The highest BCUT2D eigenvalue weighted by Crippen LogP contribution is 2.35. The van der Waals surface area contributed by atoms with Gasteiger partial charge in [0.2, 0.25) is 0 Å². The minimum Gasteiger partial charge on any atom is -0.302 e. The summed E-state index contributed by atoms with van der Waals surface area (Å²) in [5, 5.41) is 12.8. The molecule has 0 aliphatic heterocycles. The molecule has 2 aliphatic carbocycles. The fourth-order valence-corrected chi connectivity index (χ4v) is 4.15. The highest BCUT2D eigenvalue weighted by Gasteiger charge is 2.39. The molecule has 2 fully saturated rings. The zero-order valence-electron chi connectivity index (χ0n) is 12.8. The van der Waals surface area contributed by atoms with E-state index in [-0.39, 0.29) is 5.54 Å². The zero-order valence-corrected chi connectivity index (χ0v) is 12.8. The molecule has 108 valence electrons. The first-order valence-corrected chi connectivity index (χ1v) is 7.94. The van der Waals surface area contributed by atoms with Gasteiger partial charge in [-0.05, 0) is 58.5 Å². The van der Waals surface area contributed by atoms with Crippen LogP contribution in [0.4, 0.5) is 0 Å². The largest absolute Gasteiger partial charge is 0.302 e. The molecule has 0 spiro atoms. The minimum absolute atomic E-state index is 0.283. The summed E-state index contributed by atoms with van der Waals surface area (Å²) in [6, 6.07) is 3.83. The lowest BCUT2D eigenvalue weighted by molar-refractivity contribution is 0.0612. The normalized spacial score (nSPS) is 40.1. The van der Waals surface area contributed by atoms with Crippen LogP contribution >= 0.6 is 0 Å². The maximum atomic E-state index is 9.47. The van der Waals surface area contributed by atoms with E-state index in [2.05, 4.69) is 30.3 Å². The molecule has 0 radical (unpaired) electrons. The molecule has 4 atom stereocenters. The Kier molecular flexibility index (Phi) is 4.86. The maximum Gasteiger partial charge on any atom is 0.108 e. The van der Waals surface area contributed by atoms with Crippen LogP contribution in [0.15, 0.2) is 0 Å². The Balaban J connectivity index is 2.02. The molecule has 2 saturated carbocycles. The van der Waals surface area contributed by atoms with Crippen molar-refractivity contribution in [2.45, 2.75) is 75.9 Å². The van der Waals surface area contributed by atoms with E-state index >= 15 is 0 Å². The predicted octanol–water partition coefficient (Wildman–Crippen LogP) is 2.92. The van der Waals surface area contributed by atoms with Gasteiger partial charge in [-0.2, -0.15) is 5.26 Å². The Labute approximate surface area is 118 Å². The second-order valence-electron chi connectivity index (χ2n) is 6.69. The van der Waals surface area contributed by atoms with Crippen molar-refractivity contribution in [3.8, 4) is 6.07 Å². The van der Waals surface area contributed by atoms with Crippen LogP contribution in [0.25, 0.3) is 0 Å². The standard InChI is InChI=1S/C16H29N3/c1-13-7-4-5-9-15(13)19(3)14-8-6-10-16(11-14,12-17)18-2/h13-15,18H,4-11H2,1-3H3. The third-order valence-electron chi connectivity index (χ3n) is 5.58. The second kappa shape index (κ2) is 6.24. The number of rotatable bonds is 3. The lowest BCUT2D eigenvalue weighted by Gasteiger charge is -2.45. The number of hydrogen-bond donors (Lipinski definition) is 1. The van der Waals surface area contributed by atoms with Crippen LogP contribution < -0.4 is 5.32 Å². The first-order chi connectivity index (χ1) is 9.12. The molecule has 2 aliphatic rings. The Morgan fingerprint density at radius 2 is 1.95 bits per heavy atom. The van der Waals surface area contributed by atoms with E-state index in [1.54, 1.807) is 0 Å². The zero-order chi connectivity index (χ0) is 13.9. The number of nitrogens with zero attached hydrogens (tertiary/aromatic N) is 2. The van der Waals surface area contributed by atoms with Crippen LogP contribution in [0.2, 0.25) is 0 Å². The molecule has 2 rings (SSSR count). The third kappa shape index (κ3) is 3.12. The summed E-state index contributed by atoms with van der Waals surface area (Å²) < 4.78 is 0. The molecule has 0 bridgehead atoms. The van der Waals surface area contributed by atoms with Crippen molar-refractivity contribution in [3.63, 3.8) is 0 Å². The molecular weight excluding hydrogens is 234 g/mol. The topological polar surface area (TPSA) is 39.1 Å². The van der Waals surface area contributed by atoms with E-state index in [0.717, 1.165) is 24.8 Å². The summed E-state index contributed by atoms with van der Waals surface area (Å²) in [6.07, 6.45) is 9.90. The maximum absolute atomic E-state index is 9.47. The van der Waals surface area contributed by atoms with Crippen molar-refractivity contribution >= 4 is 0 Å².